The van der Waals surface area contributed by atoms with E-state index in [9.17, 15) is 37.1 Å². The van der Waals surface area contributed by atoms with Crippen molar-refractivity contribution >= 4 is 73.2 Å². The number of benzene rings is 2. The minimum atomic E-state index is -3.31. The number of amides is 4. The van der Waals surface area contributed by atoms with Crippen LogP contribution in [0.25, 0.3) is 10.8 Å². The molecule has 4 aliphatic heterocycles. The van der Waals surface area contributed by atoms with Gasteiger partial charge >= 0.3 is 0 Å². The molecule has 0 spiro atoms. The van der Waals surface area contributed by atoms with Gasteiger partial charge in [-0.1, -0.05) is 26.3 Å². The van der Waals surface area contributed by atoms with Crippen LogP contribution in [0.15, 0.2) is 54.9 Å². The highest BCUT2D eigenvalue weighted by Gasteiger charge is 2.45. The molecule has 6 heterocycles. The molecule has 2 aromatic heterocycles. The first-order chi connectivity index (χ1) is 30.0. The number of aliphatic hydroxyl groups is 1. The molecule has 2 aromatic carbocycles. The van der Waals surface area contributed by atoms with Crippen molar-refractivity contribution in [2.24, 2.45) is 5.92 Å². The zero-order chi connectivity index (χ0) is 44.8. The molecule has 3 saturated heterocycles. The fourth-order valence-electron chi connectivity index (χ4n) is 9.12. The first kappa shape index (κ1) is 43.9. The molecule has 4 amide bonds. The van der Waals surface area contributed by atoms with Gasteiger partial charge in [-0.3, -0.25) is 29.4 Å². The Morgan fingerprint density at radius 2 is 1.76 bits per heavy atom. The summed E-state index contributed by atoms with van der Waals surface area (Å²) in [7, 11) is -3.31. The van der Waals surface area contributed by atoms with E-state index in [-0.39, 0.29) is 66.3 Å². The molecule has 0 bridgehead atoms. The minimum absolute atomic E-state index is 0.00184. The van der Waals surface area contributed by atoms with E-state index in [1.165, 1.54) is 6.92 Å². The van der Waals surface area contributed by atoms with Gasteiger partial charge in [0.05, 0.1) is 35.3 Å². The lowest BCUT2D eigenvalue weighted by atomic mass is 9.88. The maximum Gasteiger partial charge on any atom is 0.262 e. The highest BCUT2D eigenvalue weighted by Crippen LogP contribution is 2.40. The van der Waals surface area contributed by atoms with E-state index in [4.69, 9.17) is 4.98 Å². The predicted octanol–water partition coefficient (Wildman–Crippen LogP) is 5.11. The Balaban J connectivity index is 0.825. The van der Waals surface area contributed by atoms with Crippen LogP contribution < -0.4 is 25.8 Å². The van der Waals surface area contributed by atoms with Gasteiger partial charge in [0.2, 0.25) is 17.8 Å². The zero-order valence-electron chi connectivity index (χ0n) is 35.9. The number of piperidine rings is 2. The van der Waals surface area contributed by atoms with Crippen LogP contribution in [0.5, 0.6) is 0 Å². The molecule has 1 unspecified atom stereocenters. The quantitative estimate of drug-likeness (QED) is 0.0905. The van der Waals surface area contributed by atoms with Crippen LogP contribution in [-0.2, 0) is 19.4 Å². The van der Waals surface area contributed by atoms with E-state index in [0.29, 0.717) is 62.2 Å². The van der Waals surface area contributed by atoms with Gasteiger partial charge in [-0.2, -0.15) is 4.98 Å². The Labute approximate surface area is 366 Å². The molecule has 4 aliphatic rings. The number of rotatable bonds is 15. The number of halogens is 1. The third-order valence-corrected chi connectivity index (χ3v) is 14.7. The van der Waals surface area contributed by atoms with Crippen molar-refractivity contribution in [1.29, 1.82) is 0 Å². The molecule has 4 aromatic rings. The Bertz CT molecular complexity index is 2570. The van der Waals surface area contributed by atoms with E-state index in [2.05, 4.69) is 63.7 Å². The summed E-state index contributed by atoms with van der Waals surface area (Å²) in [4.78, 5) is 68.7. The average Bonchev–Trinajstić information content (AvgIpc) is 3.48. The van der Waals surface area contributed by atoms with E-state index in [0.717, 1.165) is 26.9 Å². The predicted molar refractivity (Wildman–Crippen MR) is 238 cm³/mol. The maximum atomic E-state index is 14.9. The molecular weight excluding hydrogens is 830 g/mol. The number of unbranched alkanes of at least 4 members (excludes halogenated alkanes) is 2. The van der Waals surface area contributed by atoms with Gasteiger partial charge in [0, 0.05) is 67.2 Å². The van der Waals surface area contributed by atoms with Crippen LogP contribution in [0.1, 0.15) is 98.4 Å². The number of anilines is 5. The topological polar surface area (TPSA) is 207 Å². The molecule has 0 saturated carbocycles. The number of carbonyl (C=O) groups excluding carboxylic acids is 4. The Hall–Kier alpha value is -5.75. The first-order valence-electron chi connectivity index (χ1n) is 21.7. The van der Waals surface area contributed by atoms with E-state index >= 15 is 0 Å². The normalized spacial score (nSPS) is 23.9. The molecule has 16 nitrogen and oxygen atoms in total. The van der Waals surface area contributed by atoms with Crippen LogP contribution in [-0.4, -0.2) is 119 Å². The fraction of sp³-hybridized carbons (Fsp3) is 0.489. The number of nitrogens with one attached hydrogen (secondary N) is 3. The smallest absolute Gasteiger partial charge is 0.262 e. The molecule has 334 valence electrons. The van der Waals surface area contributed by atoms with Gasteiger partial charge in [0.25, 0.3) is 11.8 Å². The summed E-state index contributed by atoms with van der Waals surface area (Å²) in [6.45, 7) is 9.30. The average molecular weight is 884 g/mol. The molecule has 63 heavy (non-hydrogen) atoms. The molecule has 0 radical (unpaired) electrons. The highest BCUT2D eigenvalue weighted by molar-refractivity contribution is 7.91. The zero-order valence-corrected chi connectivity index (χ0v) is 36.8. The molecule has 8 rings (SSSR count). The third-order valence-electron chi connectivity index (χ3n) is 12.9. The molecule has 4 N–H and O–H groups in total. The first-order valence-corrected chi connectivity index (χ1v) is 23.5. The van der Waals surface area contributed by atoms with Crippen molar-refractivity contribution in [2.75, 3.05) is 58.1 Å². The summed E-state index contributed by atoms with van der Waals surface area (Å²) in [5, 5.41) is 20.8. The van der Waals surface area contributed by atoms with Gasteiger partial charge in [-0.25, -0.2) is 22.8 Å². The van der Waals surface area contributed by atoms with Crippen LogP contribution in [0.3, 0.4) is 0 Å². The molecular formula is C45H54FN9O7S. The van der Waals surface area contributed by atoms with Crippen molar-refractivity contribution in [3.8, 4) is 0 Å². The SMILES string of the molecule is CC(C)c1ccc(N2C[C@H](CS(=O)(=O)CCCCCNc3ccc4c(c3)C(=O)N(C3CCC(=O)NC3=O)C4=O)[C@H]2C)c2cnc(Nc3ccnc(N4CC[C@@H](O)[C@@](C)(F)C4)n3)cc12. The molecule has 3 fully saturated rings. The Morgan fingerprint density at radius 3 is 2.51 bits per heavy atom. The standard InChI is InChI=1S/C45H54FN9O7S/c1-26(2)30-10-11-35(34-22-49-39(21-32(30)34)50-38-14-17-48-44(51-38)53-18-15-37(56)45(4,46)25-53)54-23-28(27(54)3)24-63(61,62)19-7-5-6-16-47-29-8-9-31-33(20-29)43(60)55(42(31)59)36-12-13-40(57)52-41(36)58/h8-11,14,17,20-22,26-28,36-37,47,56H,5-7,12-13,15-16,18-19,23-25H2,1-4H3,(H,52,57,58)(H,48,49,50,51)/t27-,28-,36?,37-,45+/m1/s1. The van der Waals surface area contributed by atoms with Crippen molar-refractivity contribution in [2.45, 2.75) is 96.0 Å². The van der Waals surface area contributed by atoms with Gasteiger partial charge in [-0.05, 0) is 92.8 Å². The van der Waals surface area contributed by atoms with Gasteiger partial charge in [0.1, 0.15) is 17.7 Å². The van der Waals surface area contributed by atoms with Crippen LogP contribution in [0, 0.1) is 5.92 Å². The molecule has 18 heteroatoms. The summed E-state index contributed by atoms with van der Waals surface area (Å²) < 4.78 is 41.5. The van der Waals surface area contributed by atoms with E-state index < -0.39 is 51.3 Å². The largest absolute Gasteiger partial charge is 0.390 e. The number of pyridine rings is 1. The second kappa shape index (κ2) is 17.4. The van der Waals surface area contributed by atoms with E-state index in [1.54, 1.807) is 35.4 Å². The number of hydrogen-bond donors (Lipinski definition) is 4. The van der Waals surface area contributed by atoms with Crippen LogP contribution >= 0.6 is 0 Å². The summed E-state index contributed by atoms with van der Waals surface area (Å²) in [6, 6.07) is 11.8. The van der Waals surface area contributed by atoms with Crippen molar-refractivity contribution < 1.29 is 37.1 Å². The minimum Gasteiger partial charge on any atom is -0.390 e. The number of imide groups is 2. The molecule has 0 aliphatic carbocycles. The number of nitrogens with zero attached hydrogens (tertiary/aromatic N) is 6. The van der Waals surface area contributed by atoms with Crippen molar-refractivity contribution in [1.82, 2.24) is 25.2 Å². The molecule has 5 atom stereocenters. The third kappa shape index (κ3) is 9.05. The van der Waals surface area contributed by atoms with E-state index in [1.807, 2.05) is 12.3 Å². The second-order valence-electron chi connectivity index (χ2n) is 17.8. The van der Waals surface area contributed by atoms with Crippen molar-refractivity contribution in [3.05, 3.63) is 71.5 Å². The monoisotopic (exact) mass is 883 g/mol. The lowest BCUT2D eigenvalue weighted by molar-refractivity contribution is -0.136. The Morgan fingerprint density at radius 1 is 0.968 bits per heavy atom. The number of aliphatic hydroxyl groups excluding tert-OH is 1. The number of aromatic nitrogens is 3. The lowest BCUT2D eigenvalue weighted by Crippen LogP contribution is -2.57. The number of sulfone groups is 1. The number of fused-ring (bicyclic) bond motifs is 2. The van der Waals surface area contributed by atoms with Gasteiger partial charge in [0.15, 0.2) is 15.5 Å². The number of carbonyl (C=O) groups is 4. The second-order valence-corrected chi connectivity index (χ2v) is 20.0. The van der Waals surface area contributed by atoms with Gasteiger partial charge in [-0.15, -0.1) is 0 Å². The van der Waals surface area contributed by atoms with Crippen LogP contribution in [0.2, 0.25) is 0 Å². The highest BCUT2D eigenvalue weighted by atomic mass is 32.2. The summed E-state index contributed by atoms with van der Waals surface area (Å²) >= 11 is 0. The summed E-state index contributed by atoms with van der Waals surface area (Å²) in [5.41, 5.74) is 1.43. The Kier molecular flexibility index (Phi) is 12.1. The van der Waals surface area contributed by atoms with Gasteiger partial charge < -0.3 is 25.5 Å². The fourth-order valence-corrected chi connectivity index (χ4v) is 11.0. The lowest BCUT2D eigenvalue weighted by Gasteiger charge is -2.48. The van der Waals surface area contributed by atoms with Crippen molar-refractivity contribution in [3.63, 3.8) is 0 Å². The summed E-state index contributed by atoms with van der Waals surface area (Å²) in [6.07, 6.45) is 4.75. The van der Waals surface area contributed by atoms with Crippen LogP contribution in [0.4, 0.5) is 33.3 Å². The number of alkyl halides is 1. The summed E-state index contributed by atoms with van der Waals surface area (Å²) in [5.74, 6) is -0.329. The number of hydrogen-bond acceptors (Lipinski definition) is 14. The maximum absolute atomic E-state index is 14.9.